The number of hydrogen-bond acceptors (Lipinski definition) is 4. The van der Waals surface area contributed by atoms with Crippen LogP contribution in [0.2, 0.25) is 0 Å². The largest absolute Gasteiger partial charge is 0.369 e. The van der Waals surface area contributed by atoms with Crippen LogP contribution < -0.4 is 0 Å². The molecule has 1 aromatic heterocycles. The maximum absolute atomic E-state index is 6.35. The molecule has 4 nitrogen and oxygen atoms in total. The Bertz CT molecular complexity index is 451. The average Bonchev–Trinajstić information content (AvgIpc) is 2.90. The van der Waals surface area contributed by atoms with Gasteiger partial charge in [-0.25, -0.2) is 0 Å². The van der Waals surface area contributed by atoms with E-state index in [0.29, 0.717) is 12.5 Å². The van der Waals surface area contributed by atoms with Crippen molar-refractivity contribution >= 4 is 0 Å². The second-order valence-electron chi connectivity index (χ2n) is 6.35. The molecule has 0 aliphatic carbocycles. The second kappa shape index (κ2) is 4.53. The molecular weight excluding hydrogens is 240 g/mol. The lowest BCUT2D eigenvalue weighted by molar-refractivity contribution is -0.0963. The van der Waals surface area contributed by atoms with Crippen molar-refractivity contribution in [3.8, 4) is 0 Å². The minimum atomic E-state index is -0.119. The van der Waals surface area contributed by atoms with Gasteiger partial charge >= 0.3 is 0 Å². The van der Waals surface area contributed by atoms with E-state index in [2.05, 4.69) is 31.0 Å². The molecule has 2 fully saturated rings. The standard InChI is InChI=1S/C15H22N2O2/c1-11(2)15-7-6-14(3,19-15)13(9-15)18-10-12-5-4-8-16-17-12/h4-5,8,11,13H,6-7,9-10H2,1-3H3/t13-,14+,15-/m0/s1. The molecule has 0 N–H and O–H groups in total. The van der Waals surface area contributed by atoms with Crippen molar-refractivity contribution in [3.05, 3.63) is 24.0 Å². The normalized spacial score (nSPS) is 37.2. The number of fused-ring (bicyclic) bond motifs is 2. The van der Waals surface area contributed by atoms with Crippen molar-refractivity contribution in [2.24, 2.45) is 5.92 Å². The predicted octanol–water partition coefficient (Wildman–Crippen LogP) is 2.73. The van der Waals surface area contributed by atoms with Gasteiger partial charge in [-0.05, 0) is 37.8 Å². The van der Waals surface area contributed by atoms with Crippen LogP contribution in [-0.2, 0) is 16.1 Å². The summed E-state index contributed by atoms with van der Waals surface area (Å²) in [5, 5.41) is 7.94. The number of aromatic nitrogens is 2. The van der Waals surface area contributed by atoms with Gasteiger partial charge in [0.15, 0.2) is 0 Å². The highest BCUT2D eigenvalue weighted by Gasteiger charge is 2.60. The molecule has 0 unspecified atom stereocenters. The fraction of sp³-hybridized carbons (Fsp3) is 0.733. The first-order valence-corrected chi connectivity index (χ1v) is 7.12. The zero-order valence-electron chi connectivity index (χ0n) is 11.9. The number of hydrogen-bond donors (Lipinski definition) is 0. The molecule has 1 aromatic rings. The van der Waals surface area contributed by atoms with Crippen LogP contribution >= 0.6 is 0 Å². The molecule has 4 heteroatoms. The predicted molar refractivity (Wildman–Crippen MR) is 71.5 cm³/mol. The Morgan fingerprint density at radius 1 is 1.47 bits per heavy atom. The van der Waals surface area contributed by atoms with Crippen LogP contribution in [0, 0.1) is 5.92 Å². The third-order valence-corrected chi connectivity index (χ3v) is 4.81. The first kappa shape index (κ1) is 13.0. The van der Waals surface area contributed by atoms with Gasteiger partial charge in [0.2, 0.25) is 0 Å². The van der Waals surface area contributed by atoms with E-state index >= 15 is 0 Å². The van der Waals surface area contributed by atoms with Gasteiger partial charge in [0.05, 0.1) is 29.6 Å². The van der Waals surface area contributed by atoms with Crippen molar-refractivity contribution in [1.29, 1.82) is 0 Å². The molecular formula is C15H22N2O2. The summed E-state index contributed by atoms with van der Waals surface area (Å²) in [5.74, 6) is 0.541. The third kappa shape index (κ3) is 2.17. The Labute approximate surface area is 114 Å². The molecule has 2 bridgehead atoms. The van der Waals surface area contributed by atoms with E-state index in [1.165, 1.54) is 0 Å². The second-order valence-corrected chi connectivity index (χ2v) is 6.35. The van der Waals surface area contributed by atoms with Crippen molar-refractivity contribution in [1.82, 2.24) is 10.2 Å². The molecule has 0 aromatic carbocycles. The highest BCUT2D eigenvalue weighted by atomic mass is 16.6. The zero-order valence-corrected chi connectivity index (χ0v) is 11.9. The summed E-state index contributed by atoms with van der Waals surface area (Å²) in [4.78, 5) is 0. The first-order valence-electron chi connectivity index (χ1n) is 7.12. The van der Waals surface area contributed by atoms with Gasteiger partial charge in [-0.3, -0.25) is 0 Å². The smallest absolute Gasteiger partial charge is 0.0925 e. The Morgan fingerprint density at radius 2 is 2.32 bits per heavy atom. The minimum Gasteiger partial charge on any atom is -0.369 e. The molecule has 19 heavy (non-hydrogen) atoms. The molecule has 3 heterocycles. The van der Waals surface area contributed by atoms with Crippen LogP contribution in [0.5, 0.6) is 0 Å². The Morgan fingerprint density at radius 3 is 2.95 bits per heavy atom. The Hall–Kier alpha value is -1.00. The van der Waals surface area contributed by atoms with E-state index in [1.54, 1.807) is 6.20 Å². The van der Waals surface area contributed by atoms with Crippen LogP contribution in [0.15, 0.2) is 18.3 Å². The monoisotopic (exact) mass is 262 g/mol. The van der Waals surface area contributed by atoms with E-state index in [9.17, 15) is 0 Å². The van der Waals surface area contributed by atoms with E-state index < -0.39 is 0 Å². The molecule has 0 saturated carbocycles. The highest BCUT2D eigenvalue weighted by Crippen LogP contribution is 2.55. The van der Waals surface area contributed by atoms with Gasteiger partial charge in [-0.15, -0.1) is 0 Å². The van der Waals surface area contributed by atoms with Crippen molar-refractivity contribution in [2.45, 2.75) is 63.9 Å². The summed E-state index contributed by atoms with van der Waals surface area (Å²) in [6.45, 7) is 7.20. The summed E-state index contributed by atoms with van der Waals surface area (Å²) in [6.07, 6.45) is 5.11. The average molecular weight is 262 g/mol. The zero-order chi connectivity index (χ0) is 13.5. The number of nitrogens with zero attached hydrogens (tertiary/aromatic N) is 2. The molecule has 0 radical (unpaired) electrons. The van der Waals surface area contributed by atoms with Crippen LogP contribution in [0.25, 0.3) is 0 Å². The maximum atomic E-state index is 6.35. The van der Waals surface area contributed by atoms with E-state index in [4.69, 9.17) is 9.47 Å². The quantitative estimate of drug-likeness (QED) is 0.837. The fourth-order valence-electron chi connectivity index (χ4n) is 3.40. The topological polar surface area (TPSA) is 44.2 Å². The summed E-state index contributed by atoms with van der Waals surface area (Å²) in [6, 6.07) is 3.84. The van der Waals surface area contributed by atoms with Crippen molar-refractivity contribution in [2.75, 3.05) is 0 Å². The van der Waals surface area contributed by atoms with Crippen molar-refractivity contribution < 1.29 is 9.47 Å². The summed E-state index contributed by atoms with van der Waals surface area (Å²) < 4.78 is 12.4. The summed E-state index contributed by atoms with van der Waals surface area (Å²) in [7, 11) is 0. The Kier molecular flexibility index (Phi) is 3.10. The molecule has 3 atom stereocenters. The maximum Gasteiger partial charge on any atom is 0.0925 e. The SMILES string of the molecule is CC(C)[C@@]12CC[C@@](C)(O1)[C@@H](OCc1cccnn1)C2. The summed E-state index contributed by atoms with van der Waals surface area (Å²) in [5.41, 5.74) is 0.793. The van der Waals surface area contributed by atoms with Crippen molar-refractivity contribution in [3.63, 3.8) is 0 Å². The van der Waals surface area contributed by atoms with E-state index in [-0.39, 0.29) is 17.3 Å². The first-order chi connectivity index (χ1) is 9.04. The number of ether oxygens (including phenoxy) is 2. The van der Waals surface area contributed by atoms with E-state index in [1.807, 2.05) is 12.1 Å². The molecule has 104 valence electrons. The molecule has 2 aliphatic rings. The van der Waals surface area contributed by atoms with Gasteiger partial charge in [-0.2, -0.15) is 10.2 Å². The van der Waals surface area contributed by atoms with Crippen LogP contribution in [0.1, 0.15) is 45.7 Å². The van der Waals surface area contributed by atoms with Crippen LogP contribution in [0.4, 0.5) is 0 Å². The minimum absolute atomic E-state index is 0.0295. The molecule has 0 spiro atoms. The fourth-order valence-corrected chi connectivity index (χ4v) is 3.40. The lowest BCUT2D eigenvalue weighted by atomic mass is 9.75. The van der Waals surface area contributed by atoms with Gasteiger partial charge in [0.25, 0.3) is 0 Å². The lowest BCUT2D eigenvalue weighted by Gasteiger charge is -2.31. The highest BCUT2D eigenvalue weighted by molar-refractivity contribution is 5.10. The molecule has 3 rings (SSSR count). The van der Waals surface area contributed by atoms with Gasteiger partial charge in [0, 0.05) is 12.6 Å². The third-order valence-electron chi connectivity index (χ3n) is 4.81. The molecule has 2 saturated heterocycles. The van der Waals surface area contributed by atoms with Gasteiger partial charge in [0.1, 0.15) is 0 Å². The lowest BCUT2D eigenvalue weighted by Crippen LogP contribution is -2.38. The van der Waals surface area contributed by atoms with E-state index in [0.717, 1.165) is 25.0 Å². The molecule has 2 aliphatic heterocycles. The Balaban J connectivity index is 1.67. The summed E-state index contributed by atoms with van der Waals surface area (Å²) >= 11 is 0. The number of rotatable bonds is 4. The van der Waals surface area contributed by atoms with Gasteiger partial charge < -0.3 is 9.47 Å². The molecule has 0 amide bonds. The van der Waals surface area contributed by atoms with Gasteiger partial charge in [-0.1, -0.05) is 13.8 Å². The van der Waals surface area contributed by atoms with Crippen LogP contribution in [0.3, 0.4) is 0 Å². The van der Waals surface area contributed by atoms with Crippen LogP contribution in [-0.4, -0.2) is 27.5 Å².